The summed E-state index contributed by atoms with van der Waals surface area (Å²) in [6.07, 6.45) is 2.74. The average Bonchev–Trinajstić information content (AvgIpc) is 2.94. The lowest BCUT2D eigenvalue weighted by Crippen LogP contribution is -2.13. The Balaban J connectivity index is 1.86. The number of sulfonamides is 1. The number of nitrogens with two attached hydrogens (primary N) is 1. The van der Waals surface area contributed by atoms with E-state index < -0.39 is 21.9 Å². The molecular weight excluding hydrogens is 372 g/mol. The number of anilines is 1. The smallest absolute Gasteiger partial charge is 0.339 e. The molecular formula is C17H16N4O5S. The summed E-state index contributed by atoms with van der Waals surface area (Å²) in [6.45, 7) is 1.92. The predicted molar refractivity (Wildman–Crippen MR) is 97.5 cm³/mol. The van der Waals surface area contributed by atoms with Crippen LogP contribution in [0.5, 0.6) is 0 Å². The van der Waals surface area contributed by atoms with Crippen LogP contribution < -0.4 is 10.5 Å². The molecule has 1 amide bonds. The Morgan fingerprint density at radius 3 is 2.70 bits per heavy atom. The quantitative estimate of drug-likeness (QED) is 0.585. The molecule has 0 fully saturated rings. The van der Waals surface area contributed by atoms with Crippen molar-refractivity contribution >= 4 is 39.6 Å². The molecule has 2 aromatic rings. The predicted octanol–water partition coefficient (Wildman–Crippen LogP) is 1.34. The molecule has 1 aromatic carbocycles. The zero-order chi connectivity index (χ0) is 19.6. The minimum atomic E-state index is -3.78. The van der Waals surface area contributed by atoms with Crippen LogP contribution in [0.2, 0.25) is 0 Å². The molecule has 140 valence electrons. The van der Waals surface area contributed by atoms with Crippen LogP contribution in [0.3, 0.4) is 0 Å². The van der Waals surface area contributed by atoms with Crippen LogP contribution in [0.1, 0.15) is 28.8 Å². The average molecular weight is 388 g/mol. The molecule has 10 heteroatoms. The van der Waals surface area contributed by atoms with Gasteiger partial charge in [0, 0.05) is 18.0 Å². The number of hydrogen-bond acceptors (Lipinski definition) is 7. The van der Waals surface area contributed by atoms with E-state index in [1.807, 2.05) is 0 Å². The first-order valence-corrected chi connectivity index (χ1v) is 9.49. The number of amides is 1. The van der Waals surface area contributed by atoms with Gasteiger partial charge in [0.25, 0.3) is 0 Å². The lowest BCUT2D eigenvalue weighted by Gasteiger charge is -2.05. The van der Waals surface area contributed by atoms with Crippen LogP contribution in [-0.2, 0) is 19.6 Å². The summed E-state index contributed by atoms with van der Waals surface area (Å²) in [4.78, 5) is 32.3. The molecule has 1 unspecified atom stereocenters. The summed E-state index contributed by atoms with van der Waals surface area (Å²) in [6, 6.07) is 7.13. The van der Waals surface area contributed by atoms with Gasteiger partial charge in [-0.25, -0.2) is 23.3 Å². The van der Waals surface area contributed by atoms with E-state index in [1.54, 1.807) is 13.0 Å². The third kappa shape index (κ3) is 4.01. The topological polar surface area (TPSA) is 141 Å². The van der Waals surface area contributed by atoms with Gasteiger partial charge in [0.05, 0.1) is 22.8 Å². The standard InChI is InChI=1S/C17H16N4O5S/c1-2-26-17(23)10-7-13-14(16(22)21-15(13)20-8-10)9-19-11-3-5-12(6-4-11)27(18,24)25/h3-9,14H,2H2,1H3,(H2,18,24,25)(H,20,21,22). The summed E-state index contributed by atoms with van der Waals surface area (Å²) in [5.74, 6) is -1.24. The fourth-order valence-corrected chi connectivity index (χ4v) is 3.03. The maximum absolute atomic E-state index is 12.2. The Bertz CT molecular complexity index is 1030. The van der Waals surface area contributed by atoms with Gasteiger partial charge in [0.2, 0.25) is 15.9 Å². The molecule has 0 saturated heterocycles. The van der Waals surface area contributed by atoms with Gasteiger partial charge in [0.1, 0.15) is 11.7 Å². The second-order valence-corrected chi connectivity index (χ2v) is 7.23. The Morgan fingerprint density at radius 1 is 1.37 bits per heavy atom. The van der Waals surface area contributed by atoms with Crippen LogP contribution >= 0.6 is 0 Å². The van der Waals surface area contributed by atoms with Crippen LogP contribution in [-0.4, -0.2) is 38.1 Å². The number of hydrogen-bond donors (Lipinski definition) is 2. The highest BCUT2D eigenvalue weighted by molar-refractivity contribution is 7.89. The van der Waals surface area contributed by atoms with Crippen molar-refractivity contribution in [3.05, 3.63) is 47.7 Å². The minimum Gasteiger partial charge on any atom is -0.462 e. The largest absolute Gasteiger partial charge is 0.462 e. The first-order chi connectivity index (χ1) is 12.8. The Morgan fingerprint density at radius 2 is 2.07 bits per heavy atom. The number of esters is 1. The number of fused-ring (bicyclic) bond motifs is 1. The zero-order valence-corrected chi connectivity index (χ0v) is 15.1. The lowest BCUT2D eigenvalue weighted by molar-refractivity contribution is -0.115. The van der Waals surface area contributed by atoms with Crippen molar-refractivity contribution in [2.24, 2.45) is 10.1 Å². The van der Waals surface area contributed by atoms with Crippen molar-refractivity contribution in [1.82, 2.24) is 4.98 Å². The first-order valence-electron chi connectivity index (χ1n) is 7.94. The number of carbonyl (C=O) groups is 2. The molecule has 1 aliphatic heterocycles. The zero-order valence-electron chi connectivity index (χ0n) is 14.2. The molecule has 0 bridgehead atoms. The second-order valence-electron chi connectivity index (χ2n) is 5.67. The summed E-state index contributed by atoms with van der Waals surface area (Å²) in [5.41, 5.74) is 1.19. The third-order valence-corrected chi connectivity index (χ3v) is 4.75. The van der Waals surface area contributed by atoms with E-state index in [0.717, 1.165) is 0 Å². The van der Waals surface area contributed by atoms with Crippen molar-refractivity contribution in [1.29, 1.82) is 0 Å². The number of aromatic nitrogens is 1. The molecule has 9 nitrogen and oxygen atoms in total. The van der Waals surface area contributed by atoms with Gasteiger partial charge in [-0.3, -0.25) is 9.79 Å². The highest BCUT2D eigenvalue weighted by atomic mass is 32.2. The van der Waals surface area contributed by atoms with Crippen LogP contribution in [0.15, 0.2) is 46.4 Å². The van der Waals surface area contributed by atoms with E-state index in [1.165, 1.54) is 36.7 Å². The number of primary sulfonamides is 1. The van der Waals surface area contributed by atoms with Gasteiger partial charge in [-0.15, -0.1) is 0 Å². The van der Waals surface area contributed by atoms with E-state index in [-0.39, 0.29) is 23.0 Å². The minimum absolute atomic E-state index is 0.0336. The van der Waals surface area contributed by atoms with Crippen LogP contribution in [0.4, 0.5) is 11.5 Å². The Labute approximate surface area is 155 Å². The summed E-state index contributed by atoms with van der Waals surface area (Å²) in [5, 5.41) is 7.67. The number of nitrogens with one attached hydrogen (secondary N) is 1. The molecule has 1 atom stereocenters. The van der Waals surface area contributed by atoms with Crippen molar-refractivity contribution in [2.75, 3.05) is 11.9 Å². The van der Waals surface area contributed by atoms with E-state index >= 15 is 0 Å². The highest BCUT2D eigenvalue weighted by Crippen LogP contribution is 2.31. The Kier molecular flexibility index (Phi) is 5.02. The van der Waals surface area contributed by atoms with E-state index in [0.29, 0.717) is 17.1 Å². The van der Waals surface area contributed by atoms with Gasteiger partial charge >= 0.3 is 5.97 Å². The van der Waals surface area contributed by atoms with Crippen molar-refractivity contribution < 1.29 is 22.7 Å². The van der Waals surface area contributed by atoms with Gasteiger partial charge < -0.3 is 10.1 Å². The number of ether oxygens (including phenoxy) is 1. The second kappa shape index (κ2) is 7.25. The van der Waals surface area contributed by atoms with Crippen LogP contribution in [0.25, 0.3) is 0 Å². The third-order valence-electron chi connectivity index (χ3n) is 3.83. The molecule has 0 spiro atoms. The van der Waals surface area contributed by atoms with Crippen LogP contribution in [0, 0.1) is 0 Å². The first kappa shape index (κ1) is 18.7. The maximum atomic E-state index is 12.2. The van der Waals surface area contributed by atoms with E-state index in [9.17, 15) is 18.0 Å². The van der Waals surface area contributed by atoms with Gasteiger partial charge in [-0.05, 0) is 37.3 Å². The molecule has 0 radical (unpaired) electrons. The Hall–Kier alpha value is -3.11. The molecule has 2 heterocycles. The number of benzene rings is 1. The monoisotopic (exact) mass is 388 g/mol. The van der Waals surface area contributed by atoms with Gasteiger partial charge in [0.15, 0.2) is 0 Å². The number of nitrogens with zero attached hydrogens (tertiary/aromatic N) is 2. The number of rotatable bonds is 5. The fraction of sp³-hybridized carbons (Fsp3) is 0.176. The molecule has 1 aliphatic rings. The molecule has 3 N–H and O–H groups in total. The fourth-order valence-electron chi connectivity index (χ4n) is 2.52. The van der Waals surface area contributed by atoms with Crippen molar-refractivity contribution in [3.8, 4) is 0 Å². The molecule has 0 saturated carbocycles. The SMILES string of the molecule is CCOC(=O)c1cnc2c(c1)C(C=Nc1ccc(S(N)(=O)=O)cc1)C(=O)N2. The maximum Gasteiger partial charge on any atom is 0.339 e. The van der Waals surface area contributed by atoms with Gasteiger partial charge in [-0.2, -0.15) is 0 Å². The number of pyridine rings is 1. The summed E-state index contributed by atoms with van der Waals surface area (Å²) < 4.78 is 27.5. The van der Waals surface area contributed by atoms with Gasteiger partial charge in [-0.1, -0.05) is 0 Å². The number of aliphatic imine (C=N–C) groups is 1. The normalized spacial score (nSPS) is 16.2. The molecule has 27 heavy (non-hydrogen) atoms. The van der Waals surface area contributed by atoms with Crippen molar-refractivity contribution in [3.63, 3.8) is 0 Å². The summed E-state index contributed by atoms with van der Waals surface area (Å²) in [7, 11) is -3.78. The lowest BCUT2D eigenvalue weighted by atomic mass is 10.0. The van der Waals surface area contributed by atoms with Crippen molar-refractivity contribution in [2.45, 2.75) is 17.7 Å². The summed E-state index contributed by atoms with van der Waals surface area (Å²) >= 11 is 0. The van der Waals surface area contributed by atoms with E-state index in [2.05, 4.69) is 15.3 Å². The molecule has 1 aromatic heterocycles. The number of carbonyl (C=O) groups excluding carboxylic acids is 2. The van der Waals surface area contributed by atoms with E-state index in [4.69, 9.17) is 9.88 Å². The highest BCUT2D eigenvalue weighted by Gasteiger charge is 2.31. The molecule has 0 aliphatic carbocycles. The molecule has 3 rings (SSSR count).